The van der Waals surface area contributed by atoms with Crippen LogP contribution in [0.3, 0.4) is 0 Å². The maximum Gasteiger partial charge on any atom is 0.0488 e. The molecule has 3 rings (SSSR count). The van der Waals surface area contributed by atoms with Crippen LogP contribution < -0.4 is 5.32 Å². The highest BCUT2D eigenvalue weighted by Crippen LogP contribution is 2.32. The standard InChI is InChI=1S/C18H26N2/c1-12-9-13(2)18-16(11-15-5-7-19-8-6-15)14(3)20(4)17(18)10-12/h9-10,15,19H,5-8,11H2,1-4H3. The van der Waals surface area contributed by atoms with E-state index in [1.54, 1.807) is 5.56 Å². The van der Waals surface area contributed by atoms with E-state index < -0.39 is 0 Å². The van der Waals surface area contributed by atoms with Crippen LogP contribution >= 0.6 is 0 Å². The van der Waals surface area contributed by atoms with E-state index >= 15 is 0 Å². The van der Waals surface area contributed by atoms with Gasteiger partial charge >= 0.3 is 0 Å². The third-order valence-electron chi connectivity index (χ3n) is 5.01. The van der Waals surface area contributed by atoms with E-state index in [-0.39, 0.29) is 0 Å². The first-order chi connectivity index (χ1) is 9.58. The summed E-state index contributed by atoms with van der Waals surface area (Å²) in [7, 11) is 2.21. The summed E-state index contributed by atoms with van der Waals surface area (Å²) in [5.74, 6) is 0.848. The predicted molar refractivity (Wildman–Crippen MR) is 86.4 cm³/mol. The first kappa shape index (κ1) is 13.7. The number of rotatable bonds is 2. The maximum absolute atomic E-state index is 3.47. The Morgan fingerprint density at radius 1 is 1.15 bits per heavy atom. The van der Waals surface area contributed by atoms with E-state index in [4.69, 9.17) is 0 Å². The van der Waals surface area contributed by atoms with Gasteiger partial charge in [0, 0.05) is 23.6 Å². The van der Waals surface area contributed by atoms with Crippen LogP contribution in [0.1, 0.15) is 35.2 Å². The topological polar surface area (TPSA) is 17.0 Å². The fourth-order valence-electron chi connectivity index (χ4n) is 3.79. The molecule has 0 radical (unpaired) electrons. The first-order valence-electron chi connectivity index (χ1n) is 7.83. The quantitative estimate of drug-likeness (QED) is 0.881. The molecule has 0 spiro atoms. The molecule has 1 N–H and O–H groups in total. The second-order valence-corrected chi connectivity index (χ2v) is 6.50. The molecule has 1 aliphatic rings. The third-order valence-corrected chi connectivity index (χ3v) is 5.01. The molecule has 0 atom stereocenters. The zero-order valence-electron chi connectivity index (χ0n) is 13.2. The zero-order chi connectivity index (χ0) is 14.3. The molecular weight excluding hydrogens is 244 g/mol. The number of piperidine rings is 1. The van der Waals surface area contributed by atoms with Crippen LogP contribution in [-0.2, 0) is 13.5 Å². The Morgan fingerprint density at radius 3 is 2.55 bits per heavy atom. The van der Waals surface area contributed by atoms with Crippen molar-refractivity contribution in [1.82, 2.24) is 9.88 Å². The van der Waals surface area contributed by atoms with Crippen molar-refractivity contribution in [3.05, 3.63) is 34.5 Å². The number of benzene rings is 1. The average Bonchev–Trinajstić information content (AvgIpc) is 2.65. The SMILES string of the molecule is Cc1cc(C)c2c(CC3CCNCC3)c(C)n(C)c2c1. The van der Waals surface area contributed by atoms with Crippen molar-refractivity contribution in [2.45, 2.75) is 40.0 Å². The molecule has 2 heterocycles. The maximum atomic E-state index is 3.47. The van der Waals surface area contributed by atoms with Gasteiger partial charge in [0.1, 0.15) is 0 Å². The van der Waals surface area contributed by atoms with Crippen LogP contribution in [0.25, 0.3) is 10.9 Å². The van der Waals surface area contributed by atoms with Crippen molar-refractivity contribution in [2.75, 3.05) is 13.1 Å². The van der Waals surface area contributed by atoms with E-state index in [9.17, 15) is 0 Å². The van der Waals surface area contributed by atoms with Crippen molar-refractivity contribution in [3.8, 4) is 0 Å². The summed E-state index contributed by atoms with van der Waals surface area (Å²) in [5, 5.41) is 4.98. The largest absolute Gasteiger partial charge is 0.348 e. The Labute approximate surface area is 122 Å². The molecule has 1 fully saturated rings. The van der Waals surface area contributed by atoms with Gasteiger partial charge in [-0.3, -0.25) is 0 Å². The average molecular weight is 270 g/mol. The first-order valence-corrected chi connectivity index (χ1v) is 7.83. The Bertz CT molecular complexity index is 631. The number of nitrogens with zero attached hydrogens (tertiary/aromatic N) is 1. The molecule has 0 saturated carbocycles. The smallest absolute Gasteiger partial charge is 0.0488 e. The van der Waals surface area contributed by atoms with Crippen LogP contribution in [0.15, 0.2) is 12.1 Å². The van der Waals surface area contributed by atoms with Crippen LogP contribution in [0, 0.1) is 26.7 Å². The fraction of sp³-hybridized carbons (Fsp3) is 0.556. The molecule has 0 unspecified atom stereocenters. The molecule has 1 aromatic carbocycles. The number of aryl methyl sites for hydroxylation is 3. The fourth-order valence-corrected chi connectivity index (χ4v) is 3.79. The van der Waals surface area contributed by atoms with E-state index in [1.165, 1.54) is 60.1 Å². The van der Waals surface area contributed by atoms with Crippen LogP contribution in [0.4, 0.5) is 0 Å². The monoisotopic (exact) mass is 270 g/mol. The zero-order valence-corrected chi connectivity index (χ0v) is 13.2. The lowest BCUT2D eigenvalue weighted by Crippen LogP contribution is -2.28. The third kappa shape index (κ3) is 2.26. The van der Waals surface area contributed by atoms with Gasteiger partial charge in [0.05, 0.1) is 0 Å². The van der Waals surface area contributed by atoms with Gasteiger partial charge in [0.15, 0.2) is 0 Å². The molecule has 2 heteroatoms. The summed E-state index contributed by atoms with van der Waals surface area (Å²) in [5.41, 5.74) is 7.25. The van der Waals surface area contributed by atoms with Crippen LogP contribution in [0.2, 0.25) is 0 Å². The van der Waals surface area contributed by atoms with Crippen molar-refractivity contribution in [1.29, 1.82) is 0 Å². The highest BCUT2D eigenvalue weighted by atomic mass is 14.9. The number of hydrogen-bond acceptors (Lipinski definition) is 1. The van der Waals surface area contributed by atoms with Crippen molar-refractivity contribution >= 4 is 10.9 Å². The lowest BCUT2D eigenvalue weighted by molar-refractivity contribution is 0.373. The van der Waals surface area contributed by atoms with Crippen molar-refractivity contribution in [3.63, 3.8) is 0 Å². The molecular formula is C18H26N2. The van der Waals surface area contributed by atoms with Crippen molar-refractivity contribution < 1.29 is 0 Å². The van der Waals surface area contributed by atoms with Gasteiger partial charge in [-0.2, -0.15) is 0 Å². The van der Waals surface area contributed by atoms with Gasteiger partial charge in [-0.25, -0.2) is 0 Å². The molecule has 0 aliphatic carbocycles. The minimum absolute atomic E-state index is 0.848. The second-order valence-electron chi connectivity index (χ2n) is 6.50. The van der Waals surface area contributed by atoms with E-state index in [2.05, 4.69) is 49.8 Å². The van der Waals surface area contributed by atoms with Crippen LogP contribution in [0.5, 0.6) is 0 Å². The van der Waals surface area contributed by atoms with Gasteiger partial charge in [-0.15, -0.1) is 0 Å². The van der Waals surface area contributed by atoms with Crippen LogP contribution in [-0.4, -0.2) is 17.7 Å². The Kier molecular flexibility index (Phi) is 3.59. The number of aromatic nitrogens is 1. The summed E-state index contributed by atoms with van der Waals surface area (Å²) in [6.45, 7) is 9.12. The second kappa shape index (κ2) is 5.25. The van der Waals surface area contributed by atoms with E-state index in [0.717, 1.165) is 5.92 Å². The summed E-state index contributed by atoms with van der Waals surface area (Å²) in [6.07, 6.45) is 3.89. The minimum Gasteiger partial charge on any atom is -0.348 e. The molecule has 1 aromatic heterocycles. The molecule has 20 heavy (non-hydrogen) atoms. The predicted octanol–water partition coefficient (Wildman–Crippen LogP) is 3.65. The molecule has 2 nitrogen and oxygen atoms in total. The van der Waals surface area contributed by atoms with Gasteiger partial charge in [0.2, 0.25) is 0 Å². The summed E-state index contributed by atoms with van der Waals surface area (Å²) < 4.78 is 2.38. The highest BCUT2D eigenvalue weighted by Gasteiger charge is 2.20. The molecule has 1 saturated heterocycles. The van der Waals surface area contributed by atoms with E-state index in [1.807, 2.05) is 0 Å². The number of fused-ring (bicyclic) bond motifs is 1. The van der Waals surface area contributed by atoms with Crippen molar-refractivity contribution in [2.24, 2.45) is 13.0 Å². The molecule has 0 amide bonds. The highest BCUT2D eigenvalue weighted by molar-refractivity contribution is 5.89. The summed E-state index contributed by atoms with van der Waals surface area (Å²) in [6, 6.07) is 4.66. The Morgan fingerprint density at radius 2 is 1.85 bits per heavy atom. The molecule has 0 bridgehead atoms. The number of nitrogens with one attached hydrogen (secondary N) is 1. The minimum atomic E-state index is 0.848. The normalized spacial score (nSPS) is 17.0. The Hall–Kier alpha value is -1.28. The van der Waals surface area contributed by atoms with Gasteiger partial charge in [0.25, 0.3) is 0 Å². The molecule has 2 aromatic rings. The molecule has 108 valence electrons. The summed E-state index contributed by atoms with van der Waals surface area (Å²) in [4.78, 5) is 0. The Balaban J connectivity index is 2.07. The number of hydrogen-bond donors (Lipinski definition) is 1. The summed E-state index contributed by atoms with van der Waals surface area (Å²) >= 11 is 0. The van der Waals surface area contributed by atoms with Gasteiger partial charge in [-0.05, 0) is 81.8 Å². The molecule has 1 aliphatic heterocycles. The van der Waals surface area contributed by atoms with Gasteiger partial charge < -0.3 is 9.88 Å². The lowest BCUT2D eigenvalue weighted by atomic mass is 9.89. The van der Waals surface area contributed by atoms with Gasteiger partial charge in [-0.1, -0.05) is 6.07 Å². The lowest BCUT2D eigenvalue weighted by Gasteiger charge is -2.23. The van der Waals surface area contributed by atoms with E-state index in [0.29, 0.717) is 0 Å².